The first-order valence-corrected chi connectivity index (χ1v) is 9.07. The number of carbonyl (C=O) groups excluding carboxylic acids is 1. The molecule has 0 saturated heterocycles. The van der Waals surface area contributed by atoms with Gasteiger partial charge in [-0.05, 0) is 50.2 Å². The van der Waals surface area contributed by atoms with Crippen LogP contribution in [0, 0.1) is 6.92 Å². The Hall–Kier alpha value is -1.56. The van der Waals surface area contributed by atoms with Crippen LogP contribution >= 0.6 is 22.9 Å². The smallest absolute Gasteiger partial charge is 0.241 e. The minimum absolute atomic E-state index is 0.0524. The third kappa shape index (κ3) is 4.72. The normalized spacial score (nSPS) is 12.2. The van der Waals surface area contributed by atoms with Crippen LogP contribution in [-0.4, -0.2) is 30.5 Å². The van der Waals surface area contributed by atoms with Crippen molar-refractivity contribution in [1.82, 2.24) is 4.90 Å². The van der Waals surface area contributed by atoms with Crippen LogP contribution in [0.1, 0.15) is 24.3 Å². The molecule has 0 bridgehead atoms. The highest BCUT2D eigenvalue weighted by Gasteiger charge is 2.22. The molecule has 2 aromatic rings. The Balaban J connectivity index is 2.08. The van der Waals surface area contributed by atoms with E-state index < -0.39 is 0 Å². The van der Waals surface area contributed by atoms with Gasteiger partial charge in [-0.25, -0.2) is 0 Å². The van der Waals surface area contributed by atoms with Crippen molar-refractivity contribution in [1.29, 1.82) is 0 Å². The number of rotatable bonds is 7. The average Bonchev–Trinajstić information content (AvgIpc) is 2.97. The van der Waals surface area contributed by atoms with Crippen molar-refractivity contribution >= 4 is 34.5 Å². The van der Waals surface area contributed by atoms with Gasteiger partial charge in [0.1, 0.15) is 5.75 Å². The zero-order chi connectivity index (χ0) is 17.7. The van der Waals surface area contributed by atoms with E-state index in [0.717, 1.165) is 21.3 Å². The van der Waals surface area contributed by atoms with Crippen LogP contribution in [-0.2, 0) is 11.3 Å². The Kier molecular flexibility index (Phi) is 6.66. The van der Waals surface area contributed by atoms with Crippen molar-refractivity contribution in [3.63, 3.8) is 0 Å². The summed E-state index contributed by atoms with van der Waals surface area (Å²) >= 11 is 7.54. The number of thiophene rings is 1. The summed E-state index contributed by atoms with van der Waals surface area (Å²) in [6.45, 7) is 7.42. The largest absolute Gasteiger partial charge is 0.495 e. The van der Waals surface area contributed by atoms with Gasteiger partial charge in [0.2, 0.25) is 5.91 Å². The van der Waals surface area contributed by atoms with E-state index in [1.54, 1.807) is 18.4 Å². The Morgan fingerprint density at radius 1 is 1.38 bits per heavy atom. The molecule has 1 atom stereocenters. The summed E-state index contributed by atoms with van der Waals surface area (Å²) in [7, 11) is 1.60. The first kappa shape index (κ1) is 18.8. The number of hydrogen-bond donors (Lipinski definition) is 1. The van der Waals surface area contributed by atoms with Gasteiger partial charge < -0.3 is 10.1 Å². The van der Waals surface area contributed by atoms with Crippen LogP contribution < -0.4 is 10.1 Å². The topological polar surface area (TPSA) is 41.6 Å². The number of ether oxygens (including phenoxy) is 1. The van der Waals surface area contributed by atoms with Crippen LogP contribution in [0.3, 0.4) is 0 Å². The first-order chi connectivity index (χ1) is 11.4. The predicted octanol–water partition coefficient (Wildman–Crippen LogP) is 4.57. The van der Waals surface area contributed by atoms with Crippen molar-refractivity contribution < 1.29 is 9.53 Å². The molecule has 130 valence electrons. The van der Waals surface area contributed by atoms with Crippen LogP contribution in [0.5, 0.6) is 5.75 Å². The first-order valence-electron chi connectivity index (χ1n) is 7.88. The molecule has 4 nitrogen and oxygen atoms in total. The molecule has 0 aliphatic carbocycles. The van der Waals surface area contributed by atoms with E-state index in [1.807, 2.05) is 51.1 Å². The molecule has 0 radical (unpaired) electrons. The summed E-state index contributed by atoms with van der Waals surface area (Å²) in [4.78, 5) is 15.9. The van der Waals surface area contributed by atoms with Gasteiger partial charge in [0.15, 0.2) is 0 Å². The SMILES string of the molecule is CCN(Cc1ccc(Cl)s1)C(C)C(=O)Nc1cc(C)ccc1OC. The third-order valence-electron chi connectivity index (χ3n) is 3.93. The molecule has 0 spiro atoms. The zero-order valence-corrected chi connectivity index (χ0v) is 16.0. The van der Waals surface area contributed by atoms with Gasteiger partial charge in [0, 0.05) is 11.4 Å². The standard InChI is InChI=1S/C18H23ClN2O2S/c1-5-21(11-14-7-9-17(19)24-14)13(3)18(22)20-15-10-12(2)6-8-16(15)23-4/h6-10,13H,5,11H2,1-4H3,(H,20,22). The minimum atomic E-state index is -0.263. The Labute approximate surface area is 152 Å². The van der Waals surface area contributed by atoms with E-state index in [9.17, 15) is 4.79 Å². The molecule has 1 N–H and O–H groups in total. The van der Waals surface area contributed by atoms with Crippen molar-refractivity contribution in [3.05, 3.63) is 45.1 Å². The maximum atomic E-state index is 12.7. The number of hydrogen-bond acceptors (Lipinski definition) is 4. The minimum Gasteiger partial charge on any atom is -0.495 e. The lowest BCUT2D eigenvalue weighted by atomic mass is 10.2. The highest BCUT2D eigenvalue weighted by Crippen LogP contribution is 2.26. The number of amides is 1. The van der Waals surface area contributed by atoms with Gasteiger partial charge in [-0.2, -0.15) is 0 Å². The van der Waals surface area contributed by atoms with Crippen molar-refractivity contribution in [3.8, 4) is 5.75 Å². The third-order valence-corrected chi connectivity index (χ3v) is 5.15. The Morgan fingerprint density at radius 2 is 2.12 bits per heavy atom. The van der Waals surface area contributed by atoms with Crippen LogP contribution in [0.4, 0.5) is 5.69 Å². The van der Waals surface area contributed by atoms with E-state index >= 15 is 0 Å². The lowest BCUT2D eigenvalue weighted by molar-refractivity contribution is -0.120. The number of carbonyl (C=O) groups is 1. The fourth-order valence-electron chi connectivity index (χ4n) is 2.48. The highest BCUT2D eigenvalue weighted by atomic mass is 35.5. The fourth-order valence-corrected chi connectivity index (χ4v) is 3.60. The molecule has 1 heterocycles. The highest BCUT2D eigenvalue weighted by molar-refractivity contribution is 7.16. The lowest BCUT2D eigenvalue weighted by Crippen LogP contribution is -2.41. The van der Waals surface area contributed by atoms with Crippen molar-refractivity contribution in [2.45, 2.75) is 33.4 Å². The summed E-state index contributed by atoms with van der Waals surface area (Å²) in [6, 6.07) is 9.36. The van der Waals surface area contributed by atoms with Gasteiger partial charge in [0.25, 0.3) is 0 Å². The van der Waals surface area contributed by atoms with Crippen molar-refractivity contribution in [2.24, 2.45) is 0 Å². The second-order valence-corrected chi connectivity index (χ2v) is 7.44. The Bertz CT molecular complexity index is 702. The molecule has 1 aromatic heterocycles. The number of likely N-dealkylation sites (N-methyl/N-ethyl adjacent to an activating group) is 1. The summed E-state index contributed by atoms with van der Waals surface area (Å²) in [5.41, 5.74) is 1.77. The van der Waals surface area contributed by atoms with Gasteiger partial charge in [-0.3, -0.25) is 9.69 Å². The number of halogens is 1. The fraction of sp³-hybridized carbons (Fsp3) is 0.389. The van der Waals surface area contributed by atoms with Gasteiger partial charge in [-0.15, -0.1) is 11.3 Å². The summed E-state index contributed by atoms with van der Waals surface area (Å²) in [6.07, 6.45) is 0. The zero-order valence-electron chi connectivity index (χ0n) is 14.4. The Morgan fingerprint density at radius 3 is 2.71 bits per heavy atom. The molecule has 1 aromatic carbocycles. The maximum Gasteiger partial charge on any atom is 0.241 e. The predicted molar refractivity (Wildman–Crippen MR) is 101 cm³/mol. The van der Waals surface area contributed by atoms with Gasteiger partial charge >= 0.3 is 0 Å². The van der Waals surface area contributed by atoms with Crippen LogP contribution in [0.15, 0.2) is 30.3 Å². The van der Waals surface area contributed by atoms with E-state index in [2.05, 4.69) is 10.2 Å². The lowest BCUT2D eigenvalue weighted by Gasteiger charge is -2.26. The molecule has 0 aliphatic rings. The summed E-state index contributed by atoms with van der Waals surface area (Å²) in [5.74, 6) is 0.609. The molecular weight excluding hydrogens is 344 g/mol. The second kappa shape index (κ2) is 8.51. The van der Waals surface area contributed by atoms with E-state index in [-0.39, 0.29) is 11.9 Å². The number of methoxy groups -OCH3 is 1. The van der Waals surface area contributed by atoms with Crippen LogP contribution in [0.2, 0.25) is 4.34 Å². The number of nitrogens with zero attached hydrogens (tertiary/aromatic N) is 1. The van der Waals surface area contributed by atoms with E-state index in [4.69, 9.17) is 16.3 Å². The van der Waals surface area contributed by atoms with E-state index in [0.29, 0.717) is 18.0 Å². The number of benzene rings is 1. The summed E-state index contributed by atoms with van der Waals surface area (Å²) < 4.78 is 6.09. The molecule has 2 rings (SSSR count). The molecule has 1 amide bonds. The van der Waals surface area contributed by atoms with Crippen LogP contribution in [0.25, 0.3) is 0 Å². The van der Waals surface area contributed by atoms with Crippen molar-refractivity contribution in [2.75, 3.05) is 19.0 Å². The quantitative estimate of drug-likeness (QED) is 0.780. The van der Waals surface area contributed by atoms with Gasteiger partial charge in [0.05, 0.1) is 23.2 Å². The number of anilines is 1. The maximum absolute atomic E-state index is 12.7. The summed E-state index contributed by atoms with van der Waals surface area (Å²) in [5, 5.41) is 2.98. The molecule has 6 heteroatoms. The molecule has 0 fully saturated rings. The molecule has 0 aliphatic heterocycles. The monoisotopic (exact) mass is 366 g/mol. The molecule has 0 saturated carbocycles. The number of aryl methyl sites for hydroxylation is 1. The molecule has 1 unspecified atom stereocenters. The molecule has 24 heavy (non-hydrogen) atoms. The second-order valence-electron chi connectivity index (χ2n) is 5.64. The average molecular weight is 367 g/mol. The van der Waals surface area contributed by atoms with Gasteiger partial charge in [-0.1, -0.05) is 24.6 Å². The van der Waals surface area contributed by atoms with E-state index in [1.165, 1.54) is 0 Å². The number of nitrogens with one attached hydrogen (secondary N) is 1. The molecular formula is C18H23ClN2O2S.